The highest BCUT2D eigenvalue weighted by Crippen LogP contribution is 2.27. The Hall–Kier alpha value is -1.36. The van der Waals surface area contributed by atoms with Crippen LogP contribution in [0.4, 0.5) is 0 Å². The maximum Gasteiger partial charge on any atom is 0.303 e. The Labute approximate surface area is 124 Å². The molecule has 112 valence electrons. The van der Waals surface area contributed by atoms with Crippen LogP contribution in [-0.4, -0.2) is 23.5 Å². The number of carboxylic acids is 1. The number of carbonyl (C=O) groups excluding carboxylic acids is 1. The topological polar surface area (TPSA) is 66.4 Å². The summed E-state index contributed by atoms with van der Waals surface area (Å²) in [6, 6.07) is 3.94. The Morgan fingerprint density at radius 1 is 1.25 bits per heavy atom. The molecule has 0 unspecified atom stereocenters. The molecule has 0 aromatic carbocycles. The molecule has 1 rings (SSSR count). The Balaban J connectivity index is 2.19. The van der Waals surface area contributed by atoms with Crippen LogP contribution in [0.5, 0.6) is 0 Å². The predicted octanol–water partition coefficient (Wildman–Crippen LogP) is 3.18. The first-order valence-electron chi connectivity index (χ1n) is 6.98. The van der Waals surface area contributed by atoms with Crippen LogP contribution in [0.2, 0.25) is 0 Å². The third-order valence-corrected chi connectivity index (χ3v) is 4.50. The molecule has 2 N–H and O–H groups in total. The van der Waals surface area contributed by atoms with E-state index in [1.54, 1.807) is 11.3 Å². The lowest BCUT2D eigenvalue weighted by atomic mass is 9.90. The van der Waals surface area contributed by atoms with Crippen LogP contribution in [-0.2, 0) is 15.0 Å². The van der Waals surface area contributed by atoms with Crippen molar-refractivity contribution in [3.63, 3.8) is 0 Å². The van der Waals surface area contributed by atoms with Crippen LogP contribution >= 0.6 is 11.3 Å². The molecular weight excluding hydrogens is 274 g/mol. The fourth-order valence-electron chi connectivity index (χ4n) is 1.92. The highest BCUT2D eigenvalue weighted by Gasteiger charge is 2.30. The number of hydrogen-bond donors (Lipinski definition) is 2. The lowest BCUT2D eigenvalue weighted by Crippen LogP contribution is -2.39. The number of carboxylic acid groups (broad SMARTS) is 1. The summed E-state index contributed by atoms with van der Waals surface area (Å²) in [6.07, 6.45) is 3.69. The number of thiophene rings is 1. The van der Waals surface area contributed by atoms with Gasteiger partial charge >= 0.3 is 5.97 Å². The Morgan fingerprint density at radius 3 is 2.55 bits per heavy atom. The van der Waals surface area contributed by atoms with E-state index in [1.807, 2.05) is 31.4 Å². The van der Waals surface area contributed by atoms with Crippen molar-refractivity contribution in [2.75, 3.05) is 6.54 Å². The van der Waals surface area contributed by atoms with Crippen LogP contribution in [0.3, 0.4) is 0 Å². The molecular formula is C15H23NO3S. The molecule has 5 heteroatoms. The number of nitrogens with one attached hydrogen (secondary N) is 1. The quantitative estimate of drug-likeness (QED) is 0.688. The van der Waals surface area contributed by atoms with Crippen LogP contribution < -0.4 is 5.32 Å². The zero-order chi connectivity index (χ0) is 15.0. The van der Waals surface area contributed by atoms with Crippen molar-refractivity contribution in [1.82, 2.24) is 5.32 Å². The second-order valence-electron chi connectivity index (χ2n) is 5.42. The molecule has 0 bridgehead atoms. The summed E-state index contributed by atoms with van der Waals surface area (Å²) < 4.78 is 0. The van der Waals surface area contributed by atoms with Gasteiger partial charge in [0.25, 0.3) is 0 Å². The van der Waals surface area contributed by atoms with Gasteiger partial charge in [-0.05, 0) is 38.1 Å². The van der Waals surface area contributed by atoms with Gasteiger partial charge in [0.1, 0.15) is 0 Å². The van der Waals surface area contributed by atoms with Crippen molar-refractivity contribution in [3.05, 3.63) is 22.4 Å². The number of amides is 1. The van der Waals surface area contributed by atoms with Crippen LogP contribution in [0.15, 0.2) is 17.5 Å². The Bertz CT molecular complexity index is 426. The largest absolute Gasteiger partial charge is 0.481 e. The summed E-state index contributed by atoms with van der Waals surface area (Å²) >= 11 is 1.59. The van der Waals surface area contributed by atoms with E-state index < -0.39 is 11.4 Å². The van der Waals surface area contributed by atoms with Crippen LogP contribution in [0, 0.1) is 0 Å². The number of aliphatic carboxylic acids is 1. The maximum absolute atomic E-state index is 12.2. The molecule has 0 radical (unpaired) electrons. The Kier molecular flexibility index (Phi) is 6.71. The van der Waals surface area contributed by atoms with Gasteiger partial charge in [-0.3, -0.25) is 9.59 Å². The molecule has 0 saturated heterocycles. The van der Waals surface area contributed by atoms with Crippen molar-refractivity contribution in [3.8, 4) is 0 Å². The first-order valence-corrected chi connectivity index (χ1v) is 7.86. The zero-order valence-corrected chi connectivity index (χ0v) is 13.0. The van der Waals surface area contributed by atoms with E-state index in [2.05, 4.69) is 5.32 Å². The molecule has 1 aromatic heterocycles. The van der Waals surface area contributed by atoms with Crippen molar-refractivity contribution < 1.29 is 14.7 Å². The van der Waals surface area contributed by atoms with Crippen molar-refractivity contribution in [1.29, 1.82) is 0 Å². The number of unbranched alkanes of at least 4 members (excludes halogenated alkanes) is 3. The normalized spacial score (nSPS) is 11.3. The lowest BCUT2D eigenvalue weighted by molar-refractivity contribution is -0.137. The summed E-state index contributed by atoms with van der Waals surface area (Å²) in [5, 5.41) is 13.5. The second kappa shape index (κ2) is 8.04. The molecule has 1 amide bonds. The minimum atomic E-state index is -0.740. The average molecular weight is 297 g/mol. The molecule has 1 aromatic rings. The third kappa shape index (κ3) is 5.33. The minimum absolute atomic E-state index is 0.0467. The van der Waals surface area contributed by atoms with Crippen LogP contribution in [0.25, 0.3) is 0 Å². The van der Waals surface area contributed by atoms with Gasteiger partial charge in [0, 0.05) is 17.8 Å². The van der Waals surface area contributed by atoms with Gasteiger partial charge in [-0.15, -0.1) is 11.3 Å². The van der Waals surface area contributed by atoms with Gasteiger partial charge < -0.3 is 10.4 Å². The summed E-state index contributed by atoms with van der Waals surface area (Å²) in [4.78, 5) is 23.6. The highest BCUT2D eigenvalue weighted by molar-refractivity contribution is 7.10. The van der Waals surface area contributed by atoms with E-state index in [9.17, 15) is 9.59 Å². The highest BCUT2D eigenvalue weighted by atomic mass is 32.1. The summed E-state index contributed by atoms with van der Waals surface area (Å²) in [7, 11) is 0. The first-order chi connectivity index (χ1) is 9.44. The summed E-state index contributed by atoms with van der Waals surface area (Å²) in [5.74, 6) is -0.693. The van der Waals surface area contributed by atoms with Gasteiger partial charge in [0.15, 0.2) is 0 Å². The lowest BCUT2D eigenvalue weighted by Gasteiger charge is -2.22. The second-order valence-corrected chi connectivity index (χ2v) is 6.36. The standard InChI is InChI=1S/C15H23NO3S/c1-15(2,12-8-7-11-20-12)14(19)16-10-6-4-3-5-9-13(17)18/h7-8,11H,3-6,9-10H2,1-2H3,(H,16,19)(H,17,18). The molecule has 0 aliphatic carbocycles. The summed E-state index contributed by atoms with van der Waals surface area (Å²) in [6.45, 7) is 4.52. The monoisotopic (exact) mass is 297 g/mol. The van der Waals surface area contributed by atoms with Crippen molar-refractivity contribution in [2.45, 2.75) is 51.4 Å². The number of carbonyl (C=O) groups is 2. The van der Waals surface area contributed by atoms with Gasteiger partial charge in [0.05, 0.1) is 5.41 Å². The van der Waals surface area contributed by atoms with E-state index >= 15 is 0 Å². The zero-order valence-electron chi connectivity index (χ0n) is 12.1. The first kappa shape index (κ1) is 16.7. The molecule has 0 aliphatic heterocycles. The SMILES string of the molecule is CC(C)(C(=O)NCCCCCCC(=O)O)c1cccs1. The predicted molar refractivity (Wildman–Crippen MR) is 81.1 cm³/mol. The molecule has 0 spiro atoms. The van der Waals surface area contributed by atoms with E-state index in [-0.39, 0.29) is 12.3 Å². The van der Waals surface area contributed by atoms with Gasteiger partial charge in [-0.2, -0.15) is 0 Å². The van der Waals surface area contributed by atoms with Crippen LogP contribution in [0.1, 0.15) is 50.8 Å². The number of rotatable bonds is 9. The smallest absolute Gasteiger partial charge is 0.303 e. The molecule has 0 aliphatic rings. The molecule has 4 nitrogen and oxygen atoms in total. The van der Waals surface area contributed by atoms with Crippen molar-refractivity contribution in [2.24, 2.45) is 0 Å². The van der Waals surface area contributed by atoms with E-state index in [0.29, 0.717) is 13.0 Å². The van der Waals surface area contributed by atoms with E-state index in [1.165, 1.54) is 0 Å². The van der Waals surface area contributed by atoms with Crippen molar-refractivity contribution >= 4 is 23.2 Å². The van der Waals surface area contributed by atoms with Gasteiger partial charge in [-0.1, -0.05) is 18.9 Å². The maximum atomic E-state index is 12.2. The Morgan fingerprint density at radius 2 is 1.95 bits per heavy atom. The van der Waals surface area contributed by atoms with Gasteiger partial charge in [-0.25, -0.2) is 0 Å². The molecule has 0 saturated carbocycles. The third-order valence-electron chi connectivity index (χ3n) is 3.31. The molecule has 0 fully saturated rings. The van der Waals surface area contributed by atoms with E-state index in [4.69, 9.17) is 5.11 Å². The fourth-order valence-corrected chi connectivity index (χ4v) is 2.77. The molecule has 20 heavy (non-hydrogen) atoms. The van der Waals surface area contributed by atoms with Gasteiger partial charge in [0.2, 0.25) is 5.91 Å². The van der Waals surface area contributed by atoms with E-state index in [0.717, 1.165) is 24.1 Å². The fraction of sp³-hybridized carbons (Fsp3) is 0.600. The minimum Gasteiger partial charge on any atom is -0.481 e. The average Bonchev–Trinajstić information content (AvgIpc) is 2.91. The summed E-state index contributed by atoms with van der Waals surface area (Å²) in [5.41, 5.74) is -0.489. The number of hydrogen-bond acceptors (Lipinski definition) is 3. The molecule has 0 atom stereocenters. The molecule has 1 heterocycles.